The number of likely N-dealkylation sites (tertiary alicyclic amines) is 1. The smallest absolute Gasteiger partial charge is 0.246 e. The van der Waals surface area contributed by atoms with Gasteiger partial charge in [-0.3, -0.25) is 9.59 Å². The van der Waals surface area contributed by atoms with Crippen LogP contribution in [0.2, 0.25) is 0 Å². The van der Waals surface area contributed by atoms with Gasteiger partial charge in [-0.15, -0.1) is 0 Å². The summed E-state index contributed by atoms with van der Waals surface area (Å²) in [7, 11) is 1.63. The molecular weight excluding hydrogens is 480 g/mol. The summed E-state index contributed by atoms with van der Waals surface area (Å²) in [6.45, 7) is 5.90. The second-order valence-corrected chi connectivity index (χ2v) is 10.1. The maximum absolute atomic E-state index is 14.0. The van der Waals surface area contributed by atoms with Gasteiger partial charge >= 0.3 is 0 Å². The Labute approximate surface area is 224 Å². The summed E-state index contributed by atoms with van der Waals surface area (Å²) < 4.78 is 13.6. The number of rotatable bonds is 13. The van der Waals surface area contributed by atoms with Crippen molar-refractivity contribution in [2.75, 3.05) is 26.8 Å². The third-order valence-electron chi connectivity index (χ3n) is 7.23. The van der Waals surface area contributed by atoms with Crippen LogP contribution in [0.5, 0.6) is 5.75 Å². The molecule has 1 saturated heterocycles. The van der Waals surface area contributed by atoms with E-state index in [-0.39, 0.29) is 18.2 Å². The van der Waals surface area contributed by atoms with Gasteiger partial charge in [0.2, 0.25) is 11.8 Å². The molecule has 8 heteroatoms. The molecule has 1 aliphatic rings. The third-order valence-corrected chi connectivity index (χ3v) is 7.23. The van der Waals surface area contributed by atoms with Crippen LogP contribution in [-0.4, -0.2) is 53.1 Å². The van der Waals surface area contributed by atoms with Crippen LogP contribution in [0.1, 0.15) is 54.6 Å². The zero-order valence-corrected chi connectivity index (χ0v) is 22.6. The van der Waals surface area contributed by atoms with Crippen molar-refractivity contribution in [3.05, 3.63) is 83.4 Å². The van der Waals surface area contributed by atoms with Crippen LogP contribution < -0.4 is 10.5 Å². The number of imidazole rings is 1. The van der Waals surface area contributed by atoms with E-state index in [4.69, 9.17) is 15.2 Å². The van der Waals surface area contributed by atoms with Gasteiger partial charge in [0.15, 0.2) is 0 Å². The Morgan fingerprint density at radius 3 is 2.53 bits per heavy atom. The number of nitrogens with zero attached hydrogens (tertiary/aromatic N) is 3. The number of ether oxygens (including phenoxy) is 2. The summed E-state index contributed by atoms with van der Waals surface area (Å²) in [4.78, 5) is 31.6. The Hall–Kier alpha value is -3.65. The summed E-state index contributed by atoms with van der Waals surface area (Å²) in [6.07, 6.45) is 6.71. The Morgan fingerprint density at radius 1 is 1.13 bits per heavy atom. The number of carbonyl (C=O) groups excluding carboxylic acids is 2. The molecule has 0 radical (unpaired) electrons. The molecule has 1 aromatic heterocycles. The molecule has 2 aromatic carbocycles. The zero-order chi connectivity index (χ0) is 27.1. The monoisotopic (exact) mass is 518 g/mol. The van der Waals surface area contributed by atoms with E-state index in [9.17, 15) is 9.59 Å². The van der Waals surface area contributed by atoms with E-state index in [0.717, 1.165) is 35.4 Å². The van der Waals surface area contributed by atoms with Gasteiger partial charge in [0, 0.05) is 25.6 Å². The van der Waals surface area contributed by atoms with E-state index in [2.05, 4.69) is 31.0 Å². The van der Waals surface area contributed by atoms with Crippen LogP contribution in [0.4, 0.5) is 0 Å². The largest absolute Gasteiger partial charge is 0.497 e. The van der Waals surface area contributed by atoms with E-state index in [1.54, 1.807) is 13.4 Å². The molecule has 2 N–H and O–H groups in total. The molecule has 0 unspecified atom stereocenters. The molecule has 0 bridgehead atoms. The molecule has 0 aliphatic carbocycles. The number of benzene rings is 2. The van der Waals surface area contributed by atoms with Crippen LogP contribution in [0.15, 0.2) is 61.1 Å². The van der Waals surface area contributed by atoms with Gasteiger partial charge in [-0.2, -0.15) is 0 Å². The summed E-state index contributed by atoms with van der Waals surface area (Å²) in [5.74, 6) is 0.410. The van der Waals surface area contributed by atoms with Crippen molar-refractivity contribution in [1.82, 2.24) is 14.5 Å². The molecule has 2 amide bonds. The molecule has 4 rings (SSSR count). The highest BCUT2D eigenvalue weighted by Crippen LogP contribution is 2.39. The average molecular weight is 519 g/mol. The maximum Gasteiger partial charge on any atom is 0.246 e. The topological polar surface area (TPSA) is 99.7 Å². The third kappa shape index (κ3) is 6.25. The fraction of sp³-hybridized carbons (Fsp3) is 0.433. The summed E-state index contributed by atoms with van der Waals surface area (Å²) in [5, 5.41) is 0. The summed E-state index contributed by atoms with van der Waals surface area (Å²) in [5.41, 5.74) is 8.88. The Morgan fingerprint density at radius 2 is 1.87 bits per heavy atom. The van der Waals surface area contributed by atoms with Gasteiger partial charge in [-0.25, -0.2) is 4.98 Å². The summed E-state index contributed by atoms with van der Waals surface area (Å²) >= 11 is 0. The van der Waals surface area contributed by atoms with Crippen molar-refractivity contribution in [3.8, 4) is 5.75 Å². The van der Waals surface area contributed by atoms with Crippen LogP contribution in [0.25, 0.3) is 0 Å². The van der Waals surface area contributed by atoms with Crippen molar-refractivity contribution in [2.45, 2.75) is 57.6 Å². The lowest BCUT2D eigenvalue weighted by Crippen LogP contribution is -2.64. The van der Waals surface area contributed by atoms with Crippen LogP contribution >= 0.6 is 0 Å². The summed E-state index contributed by atoms with van der Waals surface area (Å²) in [6, 6.07) is 15.5. The van der Waals surface area contributed by atoms with E-state index >= 15 is 0 Å². The molecule has 1 fully saturated rings. The van der Waals surface area contributed by atoms with E-state index < -0.39 is 11.6 Å². The van der Waals surface area contributed by atoms with Gasteiger partial charge in [0.1, 0.15) is 17.4 Å². The lowest BCUT2D eigenvalue weighted by atomic mass is 9.82. The van der Waals surface area contributed by atoms with Crippen molar-refractivity contribution in [1.29, 1.82) is 0 Å². The van der Waals surface area contributed by atoms with Crippen LogP contribution in [-0.2, 0) is 32.8 Å². The van der Waals surface area contributed by atoms with Crippen molar-refractivity contribution in [2.24, 2.45) is 5.73 Å². The molecule has 8 nitrogen and oxygen atoms in total. The second-order valence-electron chi connectivity index (χ2n) is 10.1. The van der Waals surface area contributed by atoms with E-state index in [0.29, 0.717) is 32.5 Å². The SMILES string of the molecule is CCCCOC1(c2ccccc2C)CN(C(=O)[C@H](Cc2ccc(OC)cc2)n2cnc(CCC(N)=O)c2)C1. The van der Waals surface area contributed by atoms with Gasteiger partial charge in [0.05, 0.1) is 32.2 Å². The predicted octanol–water partition coefficient (Wildman–Crippen LogP) is 3.96. The van der Waals surface area contributed by atoms with E-state index in [1.165, 1.54) is 5.56 Å². The van der Waals surface area contributed by atoms with Gasteiger partial charge < -0.3 is 24.7 Å². The van der Waals surface area contributed by atoms with Crippen molar-refractivity contribution < 1.29 is 19.1 Å². The minimum atomic E-state index is -0.498. The second kappa shape index (κ2) is 12.3. The first kappa shape index (κ1) is 27.4. The molecular formula is C30H38N4O4. The van der Waals surface area contributed by atoms with Crippen molar-refractivity contribution >= 4 is 11.8 Å². The lowest BCUT2D eigenvalue weighted by molar-refractivity contribution is -0.176. The first-order valence-electron chi connectivity index (χ1n) is 13.3. The number of primary amides is 1. The maximum atomic E-state index is 14.0. The fourth-order valence-electron chi connectivity index (χ4n) is 5.01. The number of aryl methyl sites for hydroxylation is 2. The Bertz CT molecular complexity index is 1230. The quantitative estimate of drug-likeness (QED) is 0.345. The molecule has 38 heavy (non-hydrogen) atoms. The average Bonchev–Trinajstić information content (AvgIpc) is 3.37. The Balaban J connectivity index is 1.57. The molecule has 2 heterocycles. The molecule has 202 valence electrons. The van der Waals surface area contributed by atoms with E-state index in [1.807, 2.05) is 52.1 Å². The number of nitrogens with two attached hydrogens (primary N) is 1. The van der Waals surface area contributed by atoms with Crippen LogP contribution in [0.3, 0.4) is 0 Å². The van der Waals surface area contributed by atoms with Gasteiger partial charge in [0.25, 0.3) is 0 Å². The number of methoxy groups -OCH3 is 1. The standard InChI is InChI=1S/C30H38N4O4/c1-4-5-16-38-30(26-9-7-6-8-22(26)2)19-34(20-30)29(36)27(17-23-10-13-25(37-3)14-11-23)33-18-24(32-21-33)12-15-28(31)35/h6-11,13-14,18,21,27H,4-5,12,15-17,19-20H2,1-3H3,(H2,31,35)/t27-/m0/s1. The number of hydrogen-bond donors (Lipinski definition) is 1. The molecule has 0 saturated carbocycles. The normalized spacial score (nSPS) is 15.1. The Kier molecular flexibility index (Phi) is 8.84. The first-order valence-corrected chi connectivity index (χ1v) is 13.3. The zero-order valence-electron chi connectivity index (χ0n) is 22.6. The first-order chi connectivity index (χ1) is 18.3. The predicted molar refractivity (Wildman–Crippen MR) is 146 cm³/mol. The molecule has 1 atom stereocenters. The molecule has 1 aliphatic heterocycles. The highest BCUT2D eigenvalue weighted by Gasteiger charge is 2.49. The minimum Gasteiger partial charge on any atom is -0.497 e. The lowest BCUT2D eigenvalue weighted by Gasteiger charge is -2.51. The highest BCUT2D eigenvalue weighted by molar-refractivity contribution is 5.82. The molecule has 3 aromatic rings. The number of unbranched alkanes of at least 4 members (excludes halogenated alkanes) is 1. The van der Waals surface area contributed by atoms with Crippen LogP contribution in [0, 0.1) is 6.92 Å². The van der Waals surface area contributed by atoms with Crippen molar-refractivity contribution in [3.63, 3.8) is 0 Å². The number of carbonyl (C=O) groups is 2. The molecule has 0 spiro atoms. The van der Waals surface area contributed by atoms with Gasteiger partial charge in [-0.05, 0) is 48.6 Å². The number of hydrogen-bond acceptors (Lipinski definition) is 5. The number of aromatic nitrogens is 2. The fourth-order valence-corrected chi connectivity index (χ4v) is 5.01. The number of amides is 2. The highest BCUT2D eigenvalue weighted by atomic mass is 16.5. The minimum absolute atomic E-state index is 0.0166. The van der Waals surface area contributed by atoms with Gasteiger partial charge in [-0.1, -0.05) is 49.7 Å².